The number of rotatable bonds is 5. The average Bonchev–Trinajstić information content (AvgIpc) is 3.08. The summed E-state index contributed by atoms with van der Waals surface area (Å²) in [7, 11) is 2.06. The molecule has 0 bridgehead atoms. The number of fused-ring (bicyclic) bond motifs is 1. The molecule has 1 aromatic heterocycles. The van der Waals surface area contributed by atoms with Crippen molar-refractivity contribution >= 4 is 22.9 Å². The van der Waals surface area contributed by atoms with E-state index in [0.717, 1.165) is 18.7 Å². The zero-order chi connectivity index (χ0) is 14.7. The predicted octanol–water partition coefficient (Wildman–Crippen LogP) is 1.89. The van der Waals surface area contributed by atoms with Crippen LogP contribution in [0.4, 0.5) is 5.69 Å². The van der Waals surface area contributed by atoms with Crippen molar-refractivity contribution in [3.63, 3.8) is 0 Å². The minimum Gasteiger partial charge on any atom is -0.326 e. The molecule has 1 unspecified atom stereocenters. The molecule has 2 N–H and O–H groups in total. The molecule has 0 spiro atoms. The summed E-state index contributed by atoms with van der Waals surface area (Å²) >= 11 is 1.70. The monoisotopic (exact) mass is 301 g/mol. The molecule has 1 atom stereocenters. The number of nitrogens with one attached hydrogen (secondary N) is 2. The van der Waals surface area contributed by atoms with Crippen LogP contribution in [0.15, 0.2) is 35.0 Å². The number of aryl methyl sites for hydroxylation is 2. The summed E-state index contributed by atoms with van der Waals surface area (Å²) in [5.41, 5.74) is 5.06. The molecule has 4 heteroatoms. The Bertz CT molecular complexity index is 622. The SMILES string of the molecule is C[NH+](CC(=O)Nc1ccc2c(c1)CCC2)Cc1ccsc1. The maximum absolute atomic E-state index is 12.1. The van der Waals surface area contributed by atoms with Crippen LogP contribution >= 0.6 is 11.3 Å². The molecule has 0 aliphatic heterocycles. The van der Waals surface area contributed by atoms with Crippen LogP contribution in [-0.2, 0) is 24.2 Å². The number of hydrogen-bond acceptors (Lipinski definition) is 2. The second kappa shape index (κ2) is 6.41. The Hall–Kier alpha value is -1.65. The van der Waals surface area contributed by atoms with Gasteiger partial charge in [-0.05, 0) is 59.3 Å². The first-order valence-electron chi connectivity index (χ1n) is 7.45. The molecule has 110 valence electrons. The van der Waals surface area contributed by atoms with Gasteiger partial charge in [-0.15, -0.1) is 0 Å². The van der Waals surface area contributed by atoms with Gasteiger partial charge < -0.3 is 10.2 Å². The molecule has 1 aliphatic rings. The Morgan fingerprint density at radius 3 is 2.95 bits per heavy atom. The van der Waals surface area contributed by atoms with Crippen LogP contribution in [0.2, 0.25) is 0 Å². The largest absolute Gasteiger partial charge is 0.326 e. The molecule has 2 aromatic rings. The van der Waals surface area contributed by atoms with E-state index in [1.807, 2.05) is 6.07 Å². The van der Waals surface area contributed by atoms with E-state index in [1.54, 1.807) is 11.3 Å². The van der Waals surface area contributed by atoms with Gasteiger partial charge in [0, 0.05) is 11.3 Å². The van der Waals surface area contributed by atoms with Gasteiger partial charge in [0.15, 0.2) is 6.54 Å². The van der Waals surface area contributed by atoms with E-state index in [9.17, 15) is 4.79 Å². The molecule has 3 nitrogen and oxygen atoms in total. The Morgan fingerprint density at radius 2 is 2.14 bits per heavy atom. The summed E-state index contributed by atoms with van der Waals surface area (Å²) in [6, 6.07) is 8.43. The fourth-order valence-corrected chi connectivity index (χ4v) is 3.60. The molecule has 0 radical (unpaired) electrons. The lowest BCUT2D eigenvalue weighted by Gasteiger charge is -2.13. The number of carbonyl (C=O) groups excluding carboxylic acids is 1. The van der Waals surface area contributed by atoms with E-state index in [0.29, 0.717) is 6.54 Å². The van der Waals surface area contributed by atoms with Crippen molar-refractivity contribution in [1.82, 2.24) is 0 Å². The first kappa shape index (κ1) is 14.3. The Morgan fingerprint density at radius 1 is 1.29 bits per heavy atom. The van der Waals surface area contributed by atoms with Crippen LogP contribution < -0.4 is 10.2 Å². The normalized spacial score (nSPS) is 14.7. The van der Waals surface area contributed by atoms with Crippen LogP contribution in [0.1, 0.15) is 23.1 Å². The summed E-state index contributed by atoms with van der Waals surface area (Å²) in [6.07, 6.45) is 3.56. The smallest absolute Gasteiger partial charge is 0.279 e. The van der Waals surface area contributed by atoms with Crippen molar-refractivity contribution in [3.05, 3.63) is 51.7 Å². The fraction of sp³-hybridized carbons (Fsp3) is 0.353. The third-order valence-corrected chi connectivity index (χ3v) is 4.66. The first-order chi connectivity index (χ1) is 10.2. The number of amides is 1. The maximum Gasteiger partial charge on any atom is 0.279 e. The van der Waals surface area contributed by atoms with Gasteiger partial charge in [-0.25, -0.2) is 0 Å². The molecule has 3 rings (SSSR count). The zero-order valence-electron chi connectivity index (χ0n) is 12.3. The van der Waals surface area contributed by atoms with Gasteiger partial charge >= 0.3 is 0 Å². The van der Waals surface area contributed by atoms with E-state index in [-0.39, 0.29) is 5.91 Å². The summed E-state index contributed by atoms with van der Waals surface area (Å²) in [4.78, 5) is 13.3. The van der Waals surface area contributed by atoms with Crippen molar-refractivity contribution in [1.29, 1.82) is 0 Å². The summed E-state index contributed by atoms with van der Waals surface area (Å²) in [5, 5.41) is 7.24. The third kappa shape index (κ3) is 3.71. The summed E-state index contributed by atoms with van der Waals surface area (Å²) in [5.74, 6) is 0.0840. The van der Waals surface area contributed by atoms with Gasteiger partial charge in [0.05, 0.1) is 7.05 Å². The Labute approximate surface area is 129 Å². The second-order valence-corrected chi connectivity index (χ2v) is 6.61. The predicted molar refractivity (Wildman–Crippen MR) is 86.9 cm³/mol. The minimum absolute atomic E-state index is 0.0840. The molecular formula is C17H21N2OS+. The van der Waals surface area contributed by atoms with Gasteiger partial charge in [-0.1, -0.05) is 6.07 Å². The summed E-state index contributed by atoms with van der Waals surface area (Å²) < 4.78 is 0. The van der Waals surface area contributed by atoms with E-state index >= 15 is 0 Å². The molecular weight excluding hydrogens is 280 g/mol. The maximum atomic E-state index is 12.1. The number of likely N-dealkylation sites (N-methyl/N-ethyl adjacent to an activating group) is 1. The zero-order valence-corrected chi connectivity index (χ0v) is 13.1. The molecule has 21 heavy (non-hydrogen) atoms. The number of benzene rings is 1. The van der Waals surface area contributed by atoms with E-state index in [4.69, 9.17) is 0 Å². The van der Waals surface area contributed by atoms with Crippen molar-refractivity contribution < 1.29 is 9.69 Å². The van der Waals surface area contributed by atoms with Crippen LogP contribution in [0, 0.1) is 0 Å². The standard InChI is InChI=1S/C17H20N2OS/c1-19(10-13-7-8-21-12-13)11-17(20)18-16-6-5-14-3-2-4-15(14)9-16/h5-9,12H,2-4,10-11H2,1H3,(H,18,20)/p+1. The highest BCUT2D eigenvalue weighted by molar-refractivity contribution is 7.07. The quantitative estimate of drug-likeness (QED) is 0.869. The van der Waals surface area contributed by atoms with Crippen LogP contribution in [0.5, 0.6) is 0 Å². The number of thiophene rings is 1. The van der Waals surface area contributed by atoms with Crippen LogP contribution in [-0.4, -0.2) is 19.5 Å². The molecule has 0 saturated carbocycles. The van der Waals surface area contributed by atoms with Crippen molar-refractivity contribution in [3.8, 4) is 0 Å². The highest BCUT2D eigenvalue weighted by Crippen LogP contribution is 2.24. The number of carbonyl (C=O) groups is 1. The minimum atomic E-state index is 0.0840. The number of anilines is 1. The van der Waals surface area contributed by atoms with Gasteiger partial charge in [-0.2, -0.15) is 11.3 Å². The summed E-state index contributed by atoms with van der Waals surface area (Å²) in [6.45, 7) is 1.38. The molecule has 1 aromatic carbocycles. The number of hydrogen-bond donors (Lipinski definition) is 2. The Balaban J connectivity index is 1.54. The highest BCUT2D eigenvalue weighted by atomic mass is 32.1. The lowest BCUT2D eigenvalue weighted by Crippen LogP contribution is -3.08. The van der Waals surface area contributed by atoms with E-state index in [2.05, 4.69) is 41.3 Å². The topological polar surface area (TPSA) is 33.5 Å². The van der Waals surface area contributed by atoms with Gasteiger partial charge in [0.25, 0.3) is 5.91 Å². The van der Waals surface area contributed by atoms with Gasteiger partial charge in [-0.3, -0.25) is 4.79 Å². The average molecular weight is 301 g/mol. The lowest BCUT2D eigenvalue weighted by molar-refractivity contribution is -0.885. The molecule has 1 aliphatic carbocycles. The van der Waals surface area contributed by atoms with E-state index < -0.39 is 0 Å². The second-order valence-electron chi connectivity index (χ2n) is 5.83. The van der Waals surface area contributed by atoms with Crippen molar-refractivity contribution in [2.45, 2.75) is 25.8 Å². The lowest BCUT2D eigenvalue weighted by atomic mass is 10.1. The van der Waals surface area contributed by atoms with Gasteiger partial charge in [0.1, 0.15) is 6.54 Å². The van der Waals surface area contributed by atoms with Crippen molar-refractivity contribution in [2.75, 3.05) is 18.9 Å². The van der Waals surface area contributed by atoms with Gasteiger partial charge in [0.2, 0.25) is 0 Å². The van der Waals surface area contributed by atoms with Crippen LogP contribution in [0.3, 0.4) is 0 Å². The van der Waals surface area contributed by atoms with Crippen LogP contribution in [0.25, 0.3) is 0 Å². The van der Waals surface area contributed by atoms with E-state index in [1.165, 1.54) is 34.4 Å². The fourth-order valence-electron chi connectivity index (χ4n) is 2.93. The molecule has 0 fully saturated rings. The molecule has 1 heterocycles. The molecule has 1 amide bonds. The Kier molecular flexibility index (Phi) is 4.36. The third-order valence-electron chi connectivity index (χ3n) is 3.93. The molecule has 0 saturated heterocycles. The van der Waals surface area contributed by atoms with Crippen molar-refractivity contribution in [2.24, 2.45) is 0 Å². The highest BCUT2D eigenvalue weighted by Gasteiger charge is 2.14. The number of quaternary nitrogens is 1. The first-order valence-corrected chi connectivity index (χ1v) is 8.39.